The van der Waals surface area contributed by atoms with E-state index in [9.17, 15) is 9.90 Å². The molecule has 98 valence electrons. The van der Waals surface area contributed by atoms with Gasteiger partial charge in [0.05, 0.1) is 0 Å². The lowest BCUT2D eigenvalue weighted by Gasteiger charge is -2.58. The Kier molecular flexibility index (Phi) is 2.13. The van der Waals surface area contributed by atoms with Crippen molar-refractivity contribution in [2.75, 3.05) is 6.54 Å². The van der Waals surface area contributed by atoms with Crippen LogP contribution >= 0.6 is 0 Å². The van der Waals surface area contributed by atoms with Crippen LogP contribution in [0.5, 0.6) is 0 Å². The van der Waals surface area contributed by atoms with Crippen molar-refractivity contribution in [1.82, 2.24) is 5.32 Å². The Morgan fingerprint density at radius 1 is 1.32 bits per heavy atom. The summed E-state index contributed by atoms with van der Waals surface area (Å²) < 4.78 is 0. The lowest BCUT2D eigenvalue weighted by atomic mass is 9.52. The summed E-state index contributed by atoms with van der Waals surface area (Å²) in [5.74, 6) is 0.127. The maximum Gasteiger partial charge on any atom is 0.156 e. The molecular weight excluding hydrogens is 238 g/mol. The molecule has 4 rings (SSSR count). The number of ketones is 1. The molecule has 3 heteroatoms. The van der Waals surface area contributed by atoms with E-state index < -0.39 is 11.0 Å². The van der Waals surface area contributed by atoms with Crippen LogP contribution in [-0.4, -0.2) is 29.1 Å². The molecule has 1 heterocycles. The molecule has 2 bridgehead atoms. The predicted molar refractivity (Wildman–Crippen MR) is 71.9 cm³/mol. The molecule has 3 atom stereocenters. The van der Waals surface area contributed by atoms with E-state index >= 15 is 0 Å². The van der Waals surface area contributed by atoms with Gasteiger partial charge in [-0.15, -0.1) is 0 Å². The quantitative estimate of drug-likeness (QED) is 0.730. The van der Waals surface area contributed by atoms with E-state index in [-0.39, 0.29) is 11.8 Å². The number of allylic oxidation sites excluding steroid dienone is 1. The minimum Gasteiger partial charge on any atom is -0.383 e. The van der Waals surface area contributed by atoms with Gasteiger partial charge in [-0.1, -0.05) is 24.3 Å². The zero-order valence-electron chi connectivity index (χ0n) is 10.7. The van der Waals surface area contributed by atoms with Crippen LogP contribution in [0.2, 0.25) is 0 Å². The fourth-order valence-electron chi connectivity index (χ4n) is 4.29. The first-order valence-electron chi connectivity index (χ1n) is 6.92. The van der Waals surface area contributed by atoms with Crippen LogP contribution in [0, 0.1) is 0 Å². The Labute approximate surface area is 112 Å². The topological polar surface area (TPSA) is 49.3 Å². The van der Waals surface area contributed by atoms with Crippen LogP contribution in [0.3, 0.4) is 0 Å². The number of carbonyl (C=O) groups excluding carboxylic acids is 1. The highest BCUT2D eigenvalue weighted by Gasteiger charge is 2.61. The van der Waals surface area contributed by atoms with Crippen LogP contribution in [-0.2, 0) is 16.6 Å². The van der Waals surface area contributed by atoms with E-state index in [0.29, 0.717) is 6.42 Å². The molecule has 0 radical (unpaired) electrons. The van der Waals surface area contributed by atoms with Crippen molar-refractivity contribution < 1.29 is 9.90 Å². The van der Waals surface area contributed by atoms with Gasteiger partial charge < -0.3 is 10.4 Å². The van der Waals surface area contributed by atoms with E-state index in [2.05, 4.69) is 17.4 Å². The Bertz CT molecular complexity index is 594. The molecule has 1 aromatic rings. The zero-order valence-corrected chi connectivity index (χ0v) is 10.7. The first-order chi connectivity index (χ1) is 9.16. The number of carbonyl (C=O) groups is 1. The lowest BCUT2D eigenvalue weighted by Crippen LogP contribution is -2.71. The van der Waals surface area contributed by atoms with Crippen molar-refractivity contribution in [3.8, 4) is 0 Å². The molecule has 2 aliphatic carbocycles. The molecule has 3 aliphatic rings. The molecule has 0 saturated carbocycles. The van der Waals surface area contributed by atoms with Crippen molar-refractivity contribution >= 4 is 5.78 Å². The van der Waals surface area contributed by atoms with E-state index in [0.717, 1.165) is 19.4 Å². The van der Waals surface area contributed by atoms with Crippen LogP contribution in [0.15, 0.2) is 36.4 Å². The summed E-state index contributed by atoms with van der Waals surface area (Å²) in [6, 6.07) is 8.28. The maximum atomic E-state index is 11.9. The molecule has 1 aliphatic heterocycles. The molecule has 2 N–H and O–H groups in total. The summed E-state index contributed by atoms with van der Waals surface area (Å²) in [5.41, 5.74) is 1.09. The van der Waals surface area contributed by atoms with Gasteiger partial charge in [-0.25, -0.2) is 0 Å². The third-order valence-electron chi connectivity index (χ3n) is 5.20. The first kappa shape index (κ1) is 11.4. The smallest absolute Gasteiger partial charge is 0.156 e. The minimum atomic E-state index is -0.923. The summed E-state index contributed by atoms with van der Waals surface area (Å²) in [5, 5.41) is 14.7. The fourth-order valence-corrected chi connectivity index (χ4v) is 4.29. The van der Waals surface area contributed by atoms with Crippen molar-refractivity contribution in [2.24, 2.45) is 0 Å². The van der Waals surface area contributed by atoms with Crippen LogP contribution < -0.4 is 5.32 Å². The van der Waals surface area contributed by atoms with Crippen molar-refractivity contribution in [2.45, 2.75) is 36.3 Å². The van der Waals surface area contributed by atoms with Crippen LogP contribution in [0.25, 0.3) is 0 Å². The summed E-state index contributed by atoms with van der Waals surface area (Å²) in [4.78, 5) is 11.9. The predicted octanol–water partition coefficient (Wildman–Crippen LogP) is 1.10. The Morgan fingerprint density at radius 2 is 2.16 bits per heavy atom. The highest BCUT2D eigenvalue weighted by atomic mass is 16.3. The van der Waals surface area contributed by atoms with E-state index in [1.54, 1.807) is 12.2 Å². The molecule has 0 amide bonds. The molecule has 3 nitrogen and oxygen atoms in total. The van der Waals surface area contributed by atoms with Gasteiger partial charge in [0.25, 0.3) is 0 Å². The van der Waals surface area contributed by atoms with Gasteiger partial charge in [0, 0.05) is 17.9 Å². The Balaban J connectivity index is 2.02. The van der Waals surface area contributed by atoms with Gasteiger partial charge >= 0.3 is 0 Å². The number of hydrogen-bond donors (Lipinski definition) is 2. The summed E-state index contributed by atoms with van der Waals surface area (Å²) in [6.07, 6.45) is 5.37. The third kappa shape index (κ3) is 1.27. The maximum absolute atomic E-state index is 11.9. The molecular formula is C16H17NO2. The van der Waals surface area contributed by atoms with Gasteiger partial charge in [-0.3, -0.25) is 4.79 Å². The van der Waals surface area contributed by atoms with Gasteiger partial charge in [-0.05, 0) is 42.7 Å². The average Bonchev–Trinajstić information content (AvgIpc) is 2.39. The number of fused-ring (bicyclic) bond motifs is 1. The molecule has 1 unspecified atom stereocenters. The van der Waals surface area contributed by atoms with Crippen molar-refractivity contribution in [1.29, 1.82) is 0 Å². The highest BCUT2D eigenvalue weighted by Crippen LogP contribution is 2.53. The average molecular weight is 255 g/mol. The van der Waals surface area contributed by atoms with Crippen LogP contribution in [0.4, 0.5) is 0 Å². The Hall–Kier alpha value is -1.45. The zero-order chi connectivity index (χ0) is 13.1. The highest BCUT2D eigenvalue weighted by molar-refractivity contribution is 5.93. The van der Waals surface area contributed by atoms with E-state index in [1.807, 2.05) is 12.1 Å². The standard InChI is InChI=1S/C16H17NO2/c18-12-5-6-16(19)14-9-11-3-1-2-4-13(11)15(16,10-12)7-8-17-14/h1-6,14,17,19H,7-10H2/t14-,15-,16?/m1/s1. The van der Waals surface area contributed by atoms with Crippen molar-refractivity contribution in [3.63, 3.8) is 0 Å². The molecule has 1 saturated heterocycles. The van der Waals surface area contributed by atoms with E-state index in [4.69, 9.17) is 0 Å². The second kappa shape index (κ2) is 3.56. The lowest BCUT2D eigenvalue weighted by molar-refractivity contribution is -0.125. The van der Waals surface area contributed by atoms with Crippen LogP contribution in [0.1, 0.15) is 24.0 Å². The summed E-state index contributed by atoms with van der Waals surface area (Å²) >= 11 is 0. The molecule has 1 fully saturated rings. The van der Waals surface area contributed by atoms with Gasteiger partial charge in [-0.2, -0.15) is 0 Å². The number of rotatable bonds is 0. The molecule has 1 aromatic carbocycles. The largest absolute Gasteiger partial charge is 0.383 e. The normalized spacial score (nSPS) is 39.6. The van der Waals surface area contributed by atoms with Gasteiger partial charge in [0.2, 0.25) is 0 Å². The SMILES string of the molecule is O=C1C=CC2(O)[C@H]3Cc4ccccc4[C@@]2(CCN3)C1. The number of nitrogens with one attached hydrogen (secondary N) is 1. The first-order valence-corrected chi connectivity index (χ1v) is 6.92. The monoisotopic (exact) mass is 255 g/mol. The number of benzene rings is 1. The number of hydrogen-bond acceptors (Lipinski definition) is 3. The molecule has 0 aromatic heterocycles. The number of piperidine rings is 1. The van der Waals surface area contributed by atoms with Crippen molar-refractivity contribution in [3.05, 3.63) is 47.5 Å². The molecule has 19 heavy (non-hydrogen) atoms. The van der Waals surface area contributed by atoms with Gasteiger partial charge in [0.15, 0.2) is 5.78 Å². The Morgan fingerprint density at radius 3 is 3.05 bits per heavy atom. The summed E-state index contributed by atoms with van der Waals surface area (Å²) in [7, 11) is 0. The second-order valence-electron chi connectivity index (χ2n) is 6.00. The minimum absolute atomic E-state index is 0.0144. The number of aliphatic hydroxyl groups is 1. The third-order valence-corrected chi connectivity index (χ3v) is 5.20. The second-order valence-corrected chi connectivity index (χ2v) is 6.00. The summed E-state index contributed by atoms with van der Waals surface area (Å²) in [6.45, 7) is 0.864. The van der Waals surface area contributed by atoms with E-state index in [1.165, 1.54) is 11.1 Å². The van der Waals surface area contributed by atoms with Gasteiger partial charge in [0.1, 0.15) is 5.60 Å². The fraction of sp³-hybridized carbons (Fsp3) is 0.438. The molecule has 0 spiro atoms.